The van der Waals surface area contributed by atoms with E-state index in [1.54, 1.807) is 18.7 Å². The summed E-state index contributed by atoms with van der Waals surface area (Å²) in [7, 11) is 0. The molecule has 3 rings (SSSR count). The molecular weight excluding hydrogens is 380 g/mol. The summed E-state index contributed by atoms with van der Waals surface area (Å²) in [4.78, 5) is 30.8. The first-order valence-corrected chi connectivity index (χ1v) is 8.97. The fraction of sp³-hybridized carbons (Fsp3) is 0.312. The average Bonchev–Trinajstić information content (AvgIpc) is 2.87. The highest BCUT2D eigenvalue weighted by molar-refractivity contribution is 9.10. The van der Waals surface area contributed by atoms with Crippen molar-refractivity contribution in [2.45, 2.75) is 19.9 Å². The molecule has 5 nitrogen and oxygen atoms in total. The molecule has 1 fully saturated rings. The lowest BCUT2D eigenvalue weighted by Gasteiger charge is -2.32. The average molecular weight is 395 g/mol. The zero-order valence-corrected chi connectivity index (χ0v) is 15.1. The molecule has 2 heterocycles. The van der Waals surface area contributed by atoms with Crippen LogP contribution in [-0.4, -0.2) is 34.3 Å². The number of hydrogen-bond acceptors (Lipinski definition) is 5. The number of aliphatic imine (C=N–C) groups is 1. The lowest BCUT2D eigenvalue weighted by molar-refractivity contribution is -0.139. The van der Waals surface area contributed by atoms with Gasteiger partial charge in [0.25, 0.3) is 0 Å². The number of carbonyl (C=O) groups excluding carboxylic acids is 2. The molecule has 0 N–H and O–H groups in total. The maximum Gasteiger partial charge on any atom is 0.338 e. The van der Waals surface area contributed by atoms with E-state index < -0.39 is 12.0 Å². The first-order valence-electron chi connectivity index (χ1n) is 7.19. The summed E-state index contributed by atoms with van der Waals surface area (Å²) in [5.74, 6) is -0.136. The Bertz CT molecular complexity index is 745. The Hall–Kier alpha value is -1.60. The molecule has 0 saturated carbocycles. The molecule has 7 heteroatoms. The van der Waals surface area contributed by atoms with Gasteiger partial charge in [0.15, 0.2) is 5.17 Å². The Morgan fingerprint density at radius 1 is 1.52 bits per heavy atom. The number of hydrogen-bond donors (Lipinski definition) is 0. The summed E-state index contributed by atoms with van der Waals surface area (Å²) >= 11 is 4.84. The number of ether oxygens (including phenoxy) is 1. The molecular formula is C16H15BrN2O3S. The Morgan fingerprint density at radius 3 is 3.00 bits per heavy atom. The van der Waals surface area contributed by atoms with Gasteiger partial charge in [0.2, 0.25) is 5.91 Å². The van der Waals surface area contributed by atoms with Crippen LogP contribution in [0.2, 0.25) is 0 Å². The van der Waals surface area contributed by atoms with Gasteiger partial charge in [-0.3, -0.25) is 9.69 Å². The highest BCUT2D eigenvalue weighted by atomic mass is 79.9. The first kappa shape index (κ1) is 16.3. The number of nitrogens with zero attached hydrogens (tertiary/aromatic N) is 2. The number of benzene rings is 1. The summed E-state index contributed by atoms with van der Waals surface area (Å²) < 4.78 is 6.08. The molecule has 2 aliphatic rings. The van der Waals surface area contributed by atoms with Crippen molar-refractivity contribution in [3.63, 3.8) is 0 Å². The van der Waals surface area contributed by atoms with E-state index in [-0.39, 0.29) is 12.5 Å². The molecule has 0 radical (unpaired) electrons. The monoisotopic (exact) mass is 394 g/mol. The number of halogens is 1. The van der Waals surface area contributed by atoms with Crippen LogP contribution in [0.15, 0.2) is 45.0 Å². The van der Waals surface area contributed by atoms with E-state index in [1.165, 1.54) is 11.8 Å². The van der Waals surface area contributed by atoms with Crippen LogP contribution >= 0.6 is 27.7 Å². The van der Waals surface area contributed by atoms with Gasteiger partial charge in [-0.05, 0) is 31.5 Å². The summed E-state index contributed by atoms with van der Waals surface area (Å²) in [6.07, 6.45) is 0. The molecule has 0 spiro atoms. The Balaban J connectivity index is 2.15. The van der Waals surface area contributed by atoms with Crippen LogP contribution in [0.4, 0.5) is 0 Å². The van der Waals surface area contributed by atoms with Gasteiger partial charge in [-0.1, -0.05) is 39.8 Å². The Kier molecular flexibility index (Phi) is 4.59. The largest absolute Gasteiger partial charge is 0.463 e. The maximum absolute atomic E-state index is 12.5. The van der Waals surface area contributed by atoms with Crippen LogP contribution in [0, 0.1) is 0 Å². The van der Waals surface area contributed by atoms with Crippen LogP contribution < -0.4 is 0 Å². The molecule has 1 aromatic rings. The van der Waals surface area contributed by atoms with E-state index >= 15 is 0 Å². The number of carbonyl (C=O) groups is 2. The molecule has 1 amide bonds. The Morgan fingerprint density at radius 2 is 2.30 bits per heavy atom. The van der Waals surface area contributed by atoms with E-state index in [2.05, 4.69) is 20.9 Å². The van der Waals surface area contributed by atoms with Crippen LogP contribution in [0.5, 0.6) is 0 Å². The van der Waals surface area contributed by atoms with Gasteiger partial charge in [-0.15, -0.1) is 0 Å². The van der Waals surface area contributed by atoms with Crippen molar-refractivity contribution in [2.24, 2.45) is 4.99 Å². The second-order valence-electron chi connectivity index (χ2n) is 5.12. The molecule has 0 aromatic heterocycles. The zero-order valence-electron chi connectivity index (χ0n) is 12.7. The van der Waals surface area contributed by atoms with E-state index in [0.29, 0.717) is 22.2 Å². The van der Waals surface area contributed by atoms with Gasteiger partial charge in [0.05, 0.1) is 29.7 Å². The van der Waals surface area contributed by atoms with Gasteiger partial charge in [-0.25, -0.2) is 9.79 Å². The minimum Gasteiger partial charge on any atom is -0.463 e. The SMILES string of the molecule is CCOC(=O)C1=C(C)N=C2SCC(=O)N2C1c1cccc(Br)c1. The molecule has 1 saturated heterocycles. The predicted molar refractivity (Wildman–Crippen MR) is 93.0 cm³/mol. The Labute approximate surface area is 146 Å². The van der Waals surface area contributed by atoms with Gasteiger partial charge < -0.3 is 4.74 Å². The van der Waals surface area contributed by atoms with E-state index in [1.807, 2.05) is 24.3 Å². The number of amidine groups is 1. The number of rotatable bonds is 3. The van der Waals surface area contributed by atoms with E-state index in [4.69, 9.17) is 4.74 Å². The van der Waals surface area contributed by atoms with Crippen LogP contribution in [0.1, 0.15) is 25.5 Å². The van der Waals surface area contributed by atoms with Crippen molar-refractivity contribution in [1.29, 1.82) is 0 Å². The molecule has 1 atom stereocenters. The van der Waals surface area contributed by atoms with Crippen molar-refractivity contribution in [3.05, 3.63) is 45.6 Å². The number of esters is 1. The molecule has 120 valence electrons. The maximum atomic E-state index is 12.5. The second kappa shape index (κ2) is 6.49. The van der Waals surface area contributed by atoms with Gasteiger partial charge in [0, 0.05) is 4.47 Å². The topological polar surface area (TPSA) is 59.0 Å². The third kappa shape index (κ3) is 2.95. The summed E-state index contributed by atoms with van der Waals surface area (Å²) in [6.45, 7) is 3.82. The third-order valence-corrected chi connectivity index (χ3v) is 5.07. The number of thioether (sulfide) groups is 1. The summed E-state index contributed by atoms with van der Waals surface area (Å²) in [6, 6.07) is 7.11. The van der Waals surface area contributed by atoms with Crippen molar-refractivity contribution < 1.29 is 14.3 Å². The number of amides is 1. The van der Waals surface area contributed by atoms with Crippen molar-refractivity contribution in [1.82, 2.24) is 4.90 Å². The van der Waals surface area contributed by atoms with Crippen LogP contribution in [-0.2, 0) is 14.3 Å². The molecule has 1 aromatic carbocycles. The molecule has 1 unspecified atom stereocenters. The first-order chi connectivity index (χ1) is 11.0. The number of allylic oxidation sites excluding steroid dienone is 1. The zero-order chi connectivity index (χ0) is 16.6. The fourth-order valence-electron chi connectivity index (χ4n) is 2.70. The lowest BCUT2D eigenvalue weighted by atomic mass is 9.94. The highest BCUT2D eigenvalue weighted by Crippen LogP contribution is 2.41. The van der Waals surface area contributed by atoms with Crippen molar-refractivity contribution >= 4 is 44.7 Å². The smallest absolute Gasteiger partial charge is 0.338 e. The minimum absolute atomic E-state index is 0.0481. The van der Waals surface area contributed by atoms with Gasteiger partial charge in [0.1, 0.15) is 0 Å². The van der Waals surface area contributed by atoms with Crippen LogP contribution in [0.3, 0.4) is 0 Å². The van der Waals surface area contributed by atoms with Gasteiger partial charge >= 0.3 is 5.97 Å². The highest BCUT2D eigenvalue weighted by Gasteiger charge is 2.43. The lowest BCUT2D eigenvalue weighted by Crippen LogP contribution is -2.39. The van der Waals surface area contributed by atoms with Gasteiger partial charge in [-0.2, -0.15) is 0 Å². The van der Waals surface area contributed by atoms with E-state index in [9.17, 15) is 9.59 Å². The van der Waals surface area contributed by atoms with E-state index in [0.717, 1.165) is 10.0 Å². The van der Waals surface area contributed by atoms with Crippen LogP contribution in [0.25, 0.3) is 0 Å². The van der Waals surface area contributed by atoms with Crippen molar-refractivity contribution in [3.8, 4) is 0 Å². The fourth-order valence-corrected chi connectivity index (χ4v) is 4.06. The molecule has 0 bridgehead atoms. The summed E-state index contributed by atoms with van der Waals surface area (Å²) in [5.41, 5.74) is 1.87. The standard InChI is InChI=1S/C16H15BrN2O3S/c1-3-22-15(21)13-9(2)18-16-19(12(20)8-23-16)14(13)10-5-4-6-11(17)7-10/h4-7,14H,3,8H2,1-2H3. The second-order valence-corrected chi connectivity index (χ2v) is 6.98. The summed E-state index contributed by atoms with van der Waals surface area (Å²) in [5, 5.41) is 0.644. The van der Waals surface area contributed by atoms with Crippen molar-refractivity contribution in [2.75, 3.05) is 12.4 Å². The third-order valence-electron chi connectivity index (χ3n) is 3.64. The quantitative estimate of drug-likeness (QED) is 0.738. The predicted octanol–water partition coefficient (Wildman–Crippen LogP) is 3.27. The normalized spacial score (nSPS) is 20.5. The molecule has 23 heavy (non-hydrogen) atoms. The molecule has 0 aliphatic carbocycles. The number of fused-ring (bicyclic) bond motifs is 1. The molecule has 2 aliphatic heterocycles. The minimum atomic E-state index is -0.499.